The van der Waals surface area contributed by atoms with E-state index in [9.17, 15) is 0 Å². The van der Waals surface area contributed by atoms with Gasteiger partial charge in [0.05, 0.1) is 0 Å². The van der Waals surface area contributed by atoms with Crippen molar-refractivity contribution >= 4 is 0 Å². The Bertz CT molecular complexity index is 482. The second-order valence-electron chi connectivity index (χ2n) is 7.23. The molecule has 21 heavy (non-hydrogen) atoms. The van der Waals surface area contributed by atoms with E-state index in [1.807, 2.05) is 0 Å². The van der Waals surface area contributed by atoms with E-state index in [1.165, 1.54) is 68.3 Å². The van der Waals surface area contributed by atoms with Gasteiger partial charge in [-0.3, -0.25) is 4.90 Å². The standard InChI is InChI=1S/C19H30N2/c1-15-7-8-17(13-16(15)2)14-18(20)19(9-3-4-10-19)21-11-5-6-12-21/h7-8,13,18H,3-6,9-12,14,20H2,1-2H3. The van der Waals surface area contributed by atoms with E-state index in [0.717, 1.165) is 6.42 Å². The first-order valence-corrected chi connectivity index (χ1v) is 8.69. The van der Waals surface area contributed by atoms with Gasteiger partial charge in [-0.15, -0.1) is 0 Å². The number of likely N-dealkylation sites (tertiary alicyclic amines) is 1. The molecule has 1 aromatic carbocycles. The highest BCUT2D eigenvalue weighted by Gasteiger charge is 2.44. The number of nitrogens with zero attached hydrogens (tertiary/aromatic N) is 1. The molecule has 2 fully saturated rings. The third-order valence-electron chi connectivity index (χ3n) is 5.92. The molecule has 1 saturated heterocycles. The minimum atomic E-state index is 0.278. The quantitative estimate of drug-likeness (QED) is 0.916. The largest absolute Gasteiger partial charge is 0.326 e. The Morgan fingerprint density at radius 3 is 2.33 bits per heavy atom. The molecule has 1 heterocycles. The Balaban J connectivity index is 1.77. The smallest absolute Gasteiger partial charge is 0.0363 e. The Kier molecular flexibility index (Phi) is 4.37. The van der Waals surface area contributed by atoms with Crippen LogP contribution in [0.4, 0.5) is 0 Å². The Hall–Kier alpha value is -0.860. The van der Waals surface area contributed by atoms with Gasteiger partial charge in [0, 0.05) is 11.6 Å². The van der Waals surface area contributed by atoms with Gasteiger partial charge in [-0.2, -0.15) is 0 Å². The Morgan fingerprint density at radius 1 is 1.05 bits per heavy atom. The lowest BCUT2D eigenvalue weighted by atomic mass is 9.83. The highest BCUT2D eigenvalue weighted by Crippen LogP contribution is 2.40. The van der Waals surface area contributed by atoms with Crippen LogP contribution in [0.1, 0.15) is 55.2 Å². The molecular weight excluding hydrogens is 256 g/mol. The van der Waals surface area contributed by atoms with Crippen LogP contribution in [0.25, 0.3) is 0 Å². The topological polar surface area (TPSA) is 29.3 Å². The van der Waals surface area contributed by atoms with Crippen LogP contribution in [0, 0.1) is 13.8 Å². The Labute approximate surface area is 129 Å². The molecule has 1 saturated carbocycles. The van der Waals surface area contributed by atoms with Crippen molar-refractivity contribution in [2.75, 3.05) is 13.1 Å². The molecule has 1 atom stereocenters. The maximum Gasteiger partial charge on any atom is 0.0363 e. The van der Waals surface area contributed by atoms with Crippen LogP contribution in [-0.4, -0.2) is 29.6 Å². The van der Waals surface area contributed by atoms with Gasteiger partial charge in [0.1, 0.15) is 0 Å². The van der Waals surface area contributed by atoms with Gasteiger partial charge >= 0.3 is 0 Å². The zero-order valence-electron chi connectivity index (χ0n) is 13.7. The van der Waals surface area contributed by atoms with Gasteiger partial charge in [0.15, 0.2) is 0 Å². The minimum absolute atomic E-state index is 0.278. The van der Waals surface area contributed by atoms with E-state index in [4.69, 9.17) is 5.73 Å². The van der Waals surface area contributed by atoms with E-state index in [0.29, 0.717) is 0 Å². The maximum atomic E-state index is 6.77. The maximum absolute atomic E-state index is 6.77. The van der Waals surface area contributed by atoms with Crippen molar-refractivity contribution in [2.45, 2.75) is 70.4 Å². The number of hydrogen-bond donors (Lipinski definition) is 1. The van der Waals surface area contributed by atoms with Gasteiger partial charge in [0.25, 0.3) is 0 Å². The van der Waals surface area contributed by atoms with Gasteiger partial charge in [-0.25, -0.2) is 0 Å². The number of nitrogens with two attached hydrogens (primary N) is 1. The second-order valence-corrected chi connectivity index (χ2v) is 7.23. The van der Waals surface area contributed by atoms with Crippen LogP contribution in [-0.2, 0) is 6.42 Å². The fourth-order valence-electron chi connectivity index (χ4n) is 4.45. The van der Waals surface area contributed by atoms with Crippen molar-refractivity contribution in [1.82, 2.24) is 4.90 Å². The van der Waals surface area contributed by atoms with Gasteiger partial charge in [-0.1, -0.05) is 31.0 Å². The normalized spacial score (nSPS) is 23.6. The zero-order chi connectivity index (χ0) is 14.9. The van der Waals surface area contributed by atoms with Crippen LogP contribution in [0.5, 0.6) is 0 Å². The summed E-state index contributed by atoms with van der Waals surface area (Å²) in [5.74, 6) is 0. The van der Waals surface area contributed by atoms with E-state index in [2.05, 4.69) is 36.9 Å². The minimum Gasteiger partial charge on any atom is -0.326 e. The van der Waals surface area contributed by atoms with Gasteiger partial charge in [0.2, 0.25) is 0 Å². The molecule has 0 radical (unpaired) electrons. The highest BCUT2D eigenvalue weighted by atomic mass is 15.2. The van der Waals surface area contributed by atoms with Gasteiger partial charge in [-0.05, 0) is 75.7 Å². The molecule has 2 aliphatic rings. The lowest BCUT2D eigenvalue weighted by Crippen LogP contribution is -2.58. The summed E-state index contributed by atoms with van der Waals surface area (Å²) < 4.78 is 0. The third-order valence-corrected chi connectivity index (χ3v) is 5.92. The van der Waals surface area contributed by atoms with Crippen molar-refractivity contribution in [3.05, 3.63) is 34.9 Å². The lowest BCUT2D eigenvalue weighted by Gasteiger charge is -2.43. The van der Waals surface area contributed by atoms with E-state index in [-0.39, 0.29) is 11.6 Å². The van der Waals surface area contributed by atoms with Crippen molar-refractivity contribution in [3.8, 4) is 0 Å². The molecular formula is C19H30N2. The predicted molar refractivity (Wildman–Crippen MR) is 89.6 cm³/mol. The molecule has 1 aliphatic carbocycles. The first kappa shape index (κ1) is 15.1. The summed E-state index contributed by atoms with van der Waals surface area (Å²) in [5.41, 5.74) is 11.2. The van der Waals surface area contributed by atoms with Crippen molar-refractivity contribution in [3.63, 3.8) is 0 Å². The monoisotopic (exact) mass is 286 g/mol. The molecule has 1 aliphatic heterocycles. The molecule has 0 aromatic heterocycles. The molecule has 3 rings (SSSR count). The molecule has 0 amide bonds. The number of benzene rings is 1. The summed E-state index contributed by atoms with van der Waals surface area (Å²) in [7, 11) is 0. The van der Waals surface area contributed by atoms with Crippen LogP contribution >= 0.6 is 0 Å². The zero-order valence-corrected chi connectivity index (χ0v) is 13.7. The predicted octanol–water partition coefficient (Wildman–Crippen LogP) is 3.58. The average Bonchev–Trinajstić information content (AvgIpc) is 3.13. The number of rotatable bonds is 4. The fraction of sp³-hybridized carbons (Fsp3) is 0.684. The molecule has 2 nitrogen and oxygen atoms in total. The first-order valence-electron chi connectivity index (χ1n) is 8.69. The summed E-state index contributed by atoms with van der Waals surface area (Å²) in [4.78, 5) is 2.73. The summed E-state index contributed by atoms with van der Waals surface area (Å²) >= 11 is 0. The van der Waals surface area contributed by atoms with E-state index >= 15 is 0 Å². The third kappa shape index (κ3) is 2.89. The van der Waals surface area contributed by atoms with Crippen molar-refractivity contribution < 1.29 is 0 Å². The highest BCUT2D eigenvalue weighted by molar-refractivity contribution is 5.31. The molecule has 1 unspecified atom stereocenters. The summed E-state index contributed by atoms with van der Waals surface area (Å²) in [5, 5.41) is 0. The summed E-state index contributed by atoms with van der Waals surface area (Å²) in [6, 6.07) is 7.13. The second kappa shape index (κ2) is 6.10. The summed E-state index contributed by atoms with van der Waals surface area (Å²) in [6.07, 6.45) is 9.07. The number of aryl methyl sites for hydroxylation is 2. The number of hydrogen-bond acceptors (Lipinski definition) is 2. The van der Waals surface area contributed by atoms with E-state index in [1.54, 1.807) is 0 Å². The van der Waals surface area contributed by atoms with E-state index < -0.39 is 0 Å². The molecule has 1 aromatic rings. The SMILES string of the molecule is Cc1ccc(CC(N)C2(N3CCCC3)CCCC2)cc1C. The fourth-order valence-corrected chi connectivity index (χ4v) is 4.45. The van der Waals surface area contributed by atoms with Crippen LogP contribution in [0.3, 0.4) is 0 Å². The Morgan fingerprint density at radius 2 is 1.71 bits per heavy atom. The summed E-state index contributed by atoms with van der Waals surface area (Å²) in [6.45, 7) is 6.92. The van der Waals surface area contributed by atoms with Crippen molar-refractivity contribution in [2.24, 2.45) is 5.73 Å². The van der Waals surface area contributed by atoms with Crippen LogP contribution in [0.15, 0.2) is 18.2 Å². The van der Waals surface area contributed by atoms with Crippen LogP contribution < -0.4 is 5.73 Å². The van der Waals surface area contributed by atoms with Crippen molar-refractivity contribution in [1.29, 1.82) is 0 Å². The van der Waals surface area contributed by atoms with Crippen LogP contribution in [0.2, 0.25) is 0 Å². The molecule has 0 spiro atoms. The first-order chi connectivity index (χ1) is 10.1. The molecule has 2 N–H and O–H groups in total. The van der Waals surface area contributed by atoms with Gasteiger partial charge < -0.3 is 5.73 Å². The lowest BCUT2D eigenvalue weighted by molar-refractivity contribution is 0.0921. The molecule has 2 heteroatoms. The molecule has 0 bridgehead atoms. The molecule has 116 valence electrons. The average molecular weight is 286 g/mol.